The lowest BCUT2D eigenvalue weighted by molar-refractivity contribution is -0.148. The van der Waals surface area contributed by atoms with Gasteiger partial charge in [0.05, 0.1) is 0 Å². The normalized spacial score (nSPS) is 24.9. The highest BCUT2D eigenvalue weighted by atomic mass is 16.5. The Morgan fingerprint density at radius 2 is 1.83 bits per heavy atom. The van der Waals surface area contributed by atoms with Crippen molar-refractivity contribution < 1.29 is 14.3 Å². The average molecular weight is 329 g/mol. The molecule has 0 heterocycles. The number of hydrogen-bond acceptors (Lipinski definition) is 3. The van der Waals surface area contributed by atoms with Gasteiger partial charge in [-0.1, -0.05) is 24.1 Å². The van der Waals surface area contributed by atoms with Crippen molar-refractivity contribution in [3.63, 3.8) is 0 Å². The molecule has 1 amide bonds. The minimum atomic E-state index is -0.272. The Morgan fingerprint density at radius 3 is 2.42 bits per heavy atom. The maximum Gasteiger partial charge on any atom is 0.306 e. The SMILES string of the molecule is Cc1cc(C)c(NC(=O)COC(=O)C[C@@H]2C[C@H]3CC[C@H]2C3)c(C)c1. The number of ether oxygens (including phenoxy) is 1. The summed E-state index contributed by atoms with van der Waals surface area (Å²) in [6, 6.07) is 4.06. The zero-order valence-electron chi connectivity index (χ0n) is 14.9. The lowest BCUT2D eigenvalue weighted by Crippen LogP contribution is -2.23. The van der Waals surface area contributed by atoms with E-state index in [0.29, 0.717) is 18.3 Å². The number of fused-ring (bicyclic) bond motifs is 2. The van der Waals surface area contributed by atoms with E-state index in [-0.39, 0.29) is 18.5 Å². The van der Waals surface area contributed by atoms with Crippen molar-refractivity contribution in [2.24, 2.45) is 17.8 Å². The van der Waals surface area contributed by atoms with Gasteiger partial charge in [-0.15, -0.1) is 0 Å². The predicted octanol–water partition coefficient (Wildman–Crippen LogP) is 3.92. The second-order valence-corrected chi connectivity index (χ2v) is 7.62. The number of rotatable bonds is 5. The van der Waals surface area contributed by atoms with Gasteiger partial charge in [0.2, 0.25) is 0 Å². The number of benzene rings is 1. The molecule has 2 aliphatic rings. The third kappa shape index (κ3) is 3.80. The number of nitrogens with one attached hydrogen (secondary N) is 1. The summed E-state index contributed by atoms with van der Waals surface area (Å²) in [4.78, 5) is 24.1. The van der Waals surface area contributed by atoms with Crippen molar-refractivity contribution in [2.75, 3.05) is 11.9 Å². The van der Waals surface area contributed by atoms with E-state index >= 15 is 0 Å². The first kappa shape index (κ1) is 17.0. The summed E-state index contributed by atoms with van der Waals surface area (Å²) in [5.41, 5.74) is 4.03. The molecule has 3 atom stereocenters. The quantitative estimate of drug-likeness (QED) is 0.833. The first-order valence-electron chi connectivity index (χ1n) is 8.95. The summed E-state index contributed by atoms with van der Waals surface area (Å²) < 4.78 is 5.20. The Hall–Kier alpha value is -1.84. The third-order valence-corrected chi connectivity index (χ3v) is 5.62. The highest BCUT2D eigenvalue weighted by Crippen LogP contribution is 2.49. The van der Waals surface area contributed by atoms with Crippen molar-refractivity contribution in [3.05, 3.63) is 28.8 Å². The molecular weight excluding hydrogens is 302 g/mol. The van der Waals surface area contributed by atoms with Crippen LogP contribution in [-0.2, 0) is 14.3 Å². The van der Waals surface area contributed by atoms with E-state index in [0.717, 1.165) is 29.2 Å². The van der Waals surface area contributed by atoms with Gasteiger partial charge in [-0.3, -0.25) is 9.59 Å². The van der Waals surface area contributed by atoms with Gasteiger partial charge in [-0.05, 0) is 68.9 Å². The van der Waals surface area contributed by atoms with Crippen LogP contribution in [0.1, 0.15) is 48.8 Å². The number of amides is 1. The number of hydrogen-bond donors (Lipinski definition) is 1. The van der Waals surface area contributed by atoms with Crippen LogP contribution in [0.3, 0.4) is 0 Å². The zero-order valence-corrected chi connectivity index (χ0v) is 14.9. The molecule has 2 saturated carbocycles. The molecule has 24 heavy (non-hydrogen) atoms. The summed E-state index contributed by atoms with van der Waals surface area (Å²) in [7, 11) is 0. The second-order valence-electron chi connectivity index (χ2n) is 7.62. The molecule has 130 valence electrons. The van der Waals surface area contributed by atoms with Crippen LogP contribution in [0.25, 0.3) is 0 Å². The molecule has 1 N–H and O–H groups in total. The topological polar surface area (TPSA) is 55.4 Å². The summed E-state index contributed by atoms with van der Waals surface area (Å²) in [6.45, 7) is 5.77. The van der Waals surface area contributed by atoms with Crippen LogP contribution in [0.15, 0.2) is 12.1 Å². The Bertz CT molecular complexity index is 629. The van der Waals surface area contributed by atoms with Crippen LogP contribution in [0, 0.1) is 38.5 Å². The fraction of sp³-hybridized carbons (Fsp3) is 0.600. The monoisotopic (exact) mass is 329 g/mol. The van der Waals surface area contributed by atoms with Gasteiger partial charge in [0.1, 0.15) is 0 Å². The molecule has 1 aromatic carbocycles. The molecule has 2 bridgehead atoms. The number of aryl methyl sites for hydroxylation is 3. The minimum absolute atomic E-state index is 0.202. The Kier molecular flexibility index (Phi) is 4.93. The molecule has 0 spiro atoms. The van der Waals surface area contributed by atoms with Gasteiger partial charge < -0.3 is 10.1 Å². The molecule has 0 radical (unpaired) electrons. The van der Waals surface area contributed by atoms with E-state index in [2.05, 4.69) is 5.32 Å². The Balaban J connectivity index is 1.46. The van der Waals surface area contributed by atoms with Crippen molar-refractivity contribution in [3.8, 4) is 0 Å². The van der Waals surface area contributed by atoms with Gasteiger partial charge >= 0.3 is 5.97 Å². The molecule has 2 aliphatic carbocycles. The standard InChI is InChI=1S/C20H27NO3/c1-12-6-13(2)20(14(3)7-12)21-18(22)11-24-19(23)10-17-9-15-4-5-16(17)8-15/h6-7,15-17H,4-5,8-11H2,1-3H3,(H,21,22)/t15-,16-,17-/m0/s1. The summed E-state index contributed by atoms with van der Waals surface area (Å²) in [5, 5.41) is 2.87. The van der Waals surface area contributed by atoms with E-state index in [1.807, 2.05) is 32.9 Å². The molecule has 0 unspecified atom stereocenters. The maximum absolute atomic E-state index is 12.1. The van der Waals surface area contributed by atoms with Gasteiger partial charge in [-0.25, -0.2) is 0 Å². The highest BCUT2D eigenvalue weighted by molar-refractivity contribution is 5.94. The lowest BCUT2D eigenvalue weighted by Gasteiger charge is -2.20. The van der Waals surface area contributed by atoms with Crippen LogP contribution in [0.2, 0.25) is 0 Å². The zero-order chi connectivity index (χ0) is 17.3. The number of esters is 1. The van der Waals surface area contributed by atoms with E-state index in [4.69, 9.17) is 4.74 Å². The molecule has 1 aromatic rings. The first-order chi connectivity index (χ1) is 11.4. The smallest absolute Gasteiger partial charge is 0.306 e. The first-order valence-corrected chi connectivity index (χ1v) is 8.95. The lowest BCUT2D eigenvalue weighted by atomic mass is 9.86. The van der Waals surface area contributed by atoms with Gasteiger partial charge in [-0.2, -0.15) is 0 Å². The molecule has 3 rings (SSSR count). The second kappa shape index (κ2) is 6.96. The average Bonchev–Trinajstić information content (AvgIpc) is 3.11. The van der Waals surface area contributed by atoms with E-state index in [1.165, 1.54) is 24.8 Å². The minimum Gasteiger partial charge on any atom is -0.456 e. The van der Waals surface area contributed by atoms with Crippen molar-refractivity contribution >= 4 is 17.6 Å². The molecule has 0 saturated heterocycles. The summed E-state index contributed by atoms with van der Waals surface area (Å²) in [6.07, 6.45) is 5.50. The maximum atomic E-state index is 12.1. The highest BCUT2D eigenvalue weighted by Gasteiger charge is 2.40. The summed E-state index contributed by atoms with van der Waals surface area (Å²) in [5.74, 6) is 1.49. The Labute approximate surface area is 144 Å². The van der Waals surface area contributed by atoms with E-state index in [1.54, 1.807) is 0 Å². The van der Waals surface area contributed by atoms with Crippen molar-refractivity contribution in [1.82, 2.24) is 0 Å². The number of carbonyl (C=O) groups excluding carboxylic acids is 2. The third-order valence-electron chi connectivity index (χ3n) is 5.62. The van der Waals surface area contributed by atoms with Crippen LogP contribution in [0.5, 0.6) is 0 Å². The number of anilines is 1. The van der Waals surface area contributed by atoms with E-state index < -0.39 is 0 Å². The molecule has 4 heteroatoms. The molecule has 0 aromatic heterocycles. The van der Waals surface area contributed by atoms with E-state index in [9.17, 15) is 9.59 Å². The van der Waals surface area contributed by atoms with Gasteiger partial charge in [0.25, 0.3) is 5.91 Å². The van der Waals surface area contributed by atoms with Crippen LogP contribution in [0.4, 0.5) is 5.69 Å². The van der Waals surface area contributed by atoms with Crippen LogP contribution < -0.4 is 5.32 Å². The van der Waals surface area contributed by atoms with Crippen LogP contribution in [-0.4, -0.2) is 18.5 Å². The number of carbonyl (C=O) groups is 2. The fourth-order valence-corrected chi connectivity index (χ4v) is 4.60. The fourth-order valence-electron chi connectivity index (χ4n) is 4.60. The predicted molar refractivity (Wildman–Crippen MR) is 93.8 cm³/mol. The van der Waals surface area contributed by atoms with Crippen molar-refractivity contribution in [1.29, 1.82) is 0 Å². The largest absolute Gasteiger partial charge is 0.456 e. The van der Waals surface area contributed by atoms with Gasteiger partial charge in [0, 0.05) is 12.1 Å². The molecule has 2 fully saturated rings. The van der Waals surface area contributed by atoms with Crippen LogP contribution >= 0.6 is 0 Å². The molecular formula is C20H27NO3. The van der Waals surface area contributed by atoms with Gasteiger partial charge in [0.15, 0.2) is 6.61 Å². The summed E-state index contributed by atoms with van der Waals surface area (Å²) >= 11 is 0. The molecule has 0 aliphatic heterocycles. The van der Waals surface area contributed by atoms with Crippen molar-refractivity contribution in [2.45, 2.75) is 52.9 Å². The molecule has 4 nitrogen and oxygen atoms in total. The Morgan fingerprint density at radius 1 is 1.12 bits per heavy atom.